The number of hydrogen-bond donors (Lipinski definition) is 1. The summed E-state index contributed by atoms with van der Waals surface area (Å²) in [5.41, 5.74) is 1.10. The minimum Gasteiger partial charge on any atom is -0.379 e. The molecule has 1 N–H and O–H groups in total. The molecule has 2 aromatic carbocycles. The second-order valence-electron chi connectivity index (χ2n) is 6.59. The molecule has 1 fully saturated rings. The third kappa shape index (κ3) is 5.39. The Kier molecular flexibility index (Phi) is 6.96. The molecule has 7 nitrogen and oxygen atoms in total. The molecule has 29 heavy (non-hydrogen) atoms. The van der Waals surface area contributed by atoms with Crippen molar-refractivity contribution >= 4 is 21.6 Å². The first-order chi connectivity index (χ1) is 13.9. The number of amides is 1. The number of rotatable bonds is 7. The summed E-state index contributed by atoms with van der Waals surface area (Å²) in [6.45, 7) is 2.68. The summed E-state index contributed by atoms with van der Waals surface area (Å²) in [5, 5.41) is 2.58. The van der Waals surface area contributed by atoms with Crippen LogP contribution in [0.5, 0.6) is 0 Å². The molecule has 0 radical (unpaired) electrons. The largest absolute Gasteiger partial charge is 0.379 e. The number of nitrogens with one attached hydrogen (secondary N) is 1. The predicted molar refractivity (Wildman–Crippen MR) is 105 cm³/mol. The van der Waals surface area contributed by atoms with E-state index in [4.69, 9.17) is 9.47 Å². The van der Waals surface area contributed by atoms with Gasteiger partial charge in [-0.15, -0.1) is 0 Å². The standard InChI is InChI=1S/C20H23FN2O5S/c1-15(28-14-16-5-3-2-4-6-16)20(24)22-17-7-8-18(21)19(13-17)29(25,26)23-9-11-27-12-10-23/h2-8,13,15H,9-12,14H2,1H3,(H,22,24). The van der Waals surface area contributed by atoms with Gasteiger partial charge in [0.15, 0.2) is 0 Å². The number of carbonyl (C=O) groups excluding carboxylic acids is 1. The zero-order chi connectivity index (χ0) is 20.9. The van der Waals surface area contributed by atoms with E-state index in [0.29, 0.717) is 0 Å². The first-order valence-electron chi connectivity index (χ1n) is 9.22. The topological polar surface area (TPSA) is 84.9 Å². The molecule has 1 aliphatic rings. The molecule has 1 atom stereocenters. The van der Waals surface area contributed by atoms with Gasteiger partial charge in [0.2, 0.25) is 10.0 Å². The predicted octanol–water partition coefficient (Wildman–Crippen LogP) is 2.39. The minimum atomic E-state index is -4.02. The van der Waals surface area contributed by atoms with Gasteiger partial charge in [0, 0.05) is 18.8 Å². The van der Waals surface area contributed by atoms with Gasteiger partial charge in [-0.05, 0) is 30.7 Å². The number of hydrogen-bond acceptors (Lipinski definition) is 5. The summed E-state index contributed by atoms with van der Waals surface area (Å²) < 4.78 is 51.6. The quantitative estimate of drug-likeness (QED) is 0.741. The van der Waals surface area contributed by atoms with Crippen molar-refractivity contribution < 1.29 is 27.1 Å². The molecular formula is C20H23FN2O5S. The summed E-state index contributed by atoms with van der Waals surface area (Å²) in [4.78, 5) is 11.9. The van der Waals surface area contributed by atoms with E-state index >= 15 is 0 Å². The van der Waals surface area contributed by atoms with Crippen LogP contribution < -0.4 is 5.32 Å². The Morgan fingerprint density at radius 1 is 1.21 bits per heavy atom. The van der Waals surface area contributed by atoms with Crippen molar-refractivity contribution in [1.29, 1.82) is 0 Å². The highest BCUT2D eigenvalue weighted by molar-refractivity contribution is 7.89. The summed E-state index contributed by atoms with van der Waals surface area (Å²) in [6.07, 6.45) is -0.778. The lowest BCUT2D eigenvalue weighted by Crippen LogP contribution is -2.41. The van der Waals surface area contributed by atoms with Gasteiger partial charge in [-0.25, -0.2) is 12.8 Å². The molecule has 1 saturated heterocycles. The monoisotopic (exact) mass is 422 g/mol. The molecule has 9 heteroatoms. The summed E-state index contributed by atoms with van der Waals surface area (Å²) in [5.74, 6) is -1.33. The summed E-state index contributed by atoms with van der Waals surface area (Å²) in [6, 6.07) is 12.9. The molecule has 0 aliphatic carbocycles. The molecule has 2 aromatic rings. The van der Waals surface area contributed by atoms with Crippen LogP contribution in [0.4, 0.5) is 10.1 Å². The number of ether oxygens (including phenoxy) is 2. The molecule has 1 amide bonds. The maximum absolute atomic E-state index is 14.3. The van der Waals surface area contributed by atoms with Gasteiger partial charge in [-0.3, -0.25) is 4.79 Å². The maximum atomic E-state index is 14.3. The summed E-state index contributed by atoms with van der Waals surface area (Å²) in [7, 11) is -4.02. The number of morpholine rings is 1. The Balaban J connectivity index is 1.68. The zero-order valence-corrected chi connectivity index (χ0v) is 16.8. The van der Waals surface area contributed by atoms with E-state index in [1.165, 1.54) is 10.4 Å². The smallest absolute Gasteiger partial charge is 0.253 e. The number of sulfonamides is 1. The SMILES string of the molecule is CC(OCc1ccccc1)C(=O)Nc1ccc(F)c(S(=O)(=O)N2CCOCC2)c1. The Hall–Kier alpha value is -2.33. The molecule has 0 aromatic heterocycles. The van der Waals surface area contributed by atoms with Gasteiger partial charge in [-0.2, -0.15) is 4.31 Å². The normalized spacial score (nSPS) is 16.3. The summed E-state index contributed by atoms with van der Waals surface area (Å²) >= 11 is 0. The van der Waals surface area contributed by atoms with Crippen LogP contribution in [0, 0.1) is 5.82 Å². The van der Waals surface area contributed by atoms with Crippen molar-refractivity contribution in [3.05, 3.63) is 59.9 Å². The average Bonchev–Trinajstić information content (AvgIpc) is 2.74. The van der Waals surface area contributed by atoms with Crippen LogP contribution in [0.3, 0.4) is 0 Å². The fraction of sp³-hybridized carbons (Fsp3) is 0.350. The van der Waals surface area contributed by atoms with E-state index in [0.717, 1.165) is 17.7 Å². The zero-order valence-electron chi connectivity index (χ0n) is 16.0. The number of nitrogens with zero attached hydrogens (tertiary/aromatic N) is 1. The van der Waals surface area contributed by atoms with Gasteiger partial charge < -0.3 is 14.8 Å². The van der Waals surface area contributed by atoms with Crippen LogP contribution in [0.25, 0.3) is 0 Å². The van der Waals surface area contributed by atoms with Gasteiger partial charge in [0.1, 0.15) is 16.8 Å². The van der Waals surface area contributed by atoms with Crippen molar-refractivity contribution in [2.75, 3.05) is 31.6 Å². The van der Waals surface area contributed by atoms with Crippen LogP contribution in [0.15, 0.2) is 53.4 Å². The lowest BCUT2D eigenvalue weighted by atomic mass is 10.2. The lowest BCUT2D eigenvalue weighted by Gasteiger charge is -2.26. The Morgan fingerprint density at radius 2 is 1.90 bits per heavy atom. The van der Waals surface area contributed by atoms with Crippen LogP contribution in [-0.2, 0) is 30.9 Å². The van der Waals surface area contributed by atoms with E-state index in [1.807, 2.05) is 30.3 Å². The van der Waals surface area contributed by atoms with Crippen molar-refractivity contribution in [2.24, 2.45) is 0 Å². The van der Waals surface area contributed by atoms with Gasteiger partial charge >= 0.3 is 0 Å². The van der Waals surface area contributed by atoms with Crippen molar-refractivity contribution in [2.45, 2.75) is 24.5 Å². The first-order valence-corrected chi connectivity index (χ1v) is 10.7. The van der Waals surface area contributed by atoms with Crippen LogP contribution in [0.2, 0.25) is 0 Å². The molecule has 0 saturated carbocycles. The van der Waals surface area contributed by atoms with Gasteiger partial charge in [0.25, 0.3) is 5.91 Å². The highest BCUT2D eigenvalue weighted by atomic mass is 32.2. The number of carbonyl (C=O) groups is 1. The van der Waals surface area contributed by atoms with Crippen LogP contribution in [0.1, 0.15) is 12.5 Å². The van der Waals surface area contributed by atoms with E-state index in [1.54, 1.807) is 6.92 Å². The number of benzene rings is 2. The molecule has 0 spiro atoms. The maximum Gasteiger partial charge on any atom is 0.253 e. The minimum absolute atomic E-state index is 0.155. The Bertz CT molecular complexity index is 947. The van der Waals surface area contributed by atoms with Gasteiger partial charge in [0.05, 0.1) is 19.8 Å². The molecule has 1 aliphatic heterocycles. The first kappa shape index (κ1) is 21.4. The fourth-order valence-corrected chi connectivity index (χ4v) is 4.32. The van der Waals surface area contributed by atoms with E-state index in [9.17, 15) is 17.6 Å². The van der Waals surface area contributed by atoms with Crippen molar-refractivity contribution in [1.82, 2.24) is 4.31 Å². The molecule has 1 heterocycles. The second kappa shape index (κ2) is 9.45. The third-order valence-electron chi connectivity index (χ3n) is 4.50. The third-order valence-corrected chi connectivity index (χ3v) is 6.41. The van der Waals surface area contributed by atoms with Gasteiger partial charge in [-0.1, -0.05) is 30.3 Å². The Morgan fingerprint density at radius 3 is 2.59 bits per heavy atom. The Labute approximate surface area is 169 Å². The number of anilines is 1. The van der Waals surface area contributed by atoms with E-state index in [2.05, 4.69) is 5.32 Å². The fourth-order valence-electron chi connectivity index (χ4n) is 2.82. The van der Waals surface area contributed by atoms with E-state index in [-0.39, 0.29) is 38.6 Å². The van der Waals surface area contributed by atoms with E-state index < -0.39 is 32.7 Å². The van der Waals surface area contributed by atoms with Crippen molar-refractivity contribution in [3.8, 4) is 0 Å². The lowest BCUT2D eigenvalue weighted by molar-refractivity contribution is -0.127. The molecule has 156 valence electrons. The highest BCUT2D eigenvalue weighted by Crippen LogP contribution is 2.24. The second-order valence-corrected chi connectivity index (χ2v) is 8.50. The molecule has 3 rings (SSSR count). The highest BCUT2D eigenvalue weighted by Gasteiger charge is 2.29. The van der Waals surface area contributed by atoms with Crippen LogP contribution >= 0.6 is 0 Å². The number of halogens is 1. The molecular weight excluding hydrogens is 399 g/mol. The van der Waals surface area contributed by atoms with Crippen LogP contribution in [-0.4, -0.2) is 51.0 Å². The average molecular weight is 422 g/mol. The molecule has 0 bridgehead atoms. The molecule has 1 unspecified atom stereocenters. The van der Waals surface area contributed by atoms with Crippen molar-refractivity contribution in [3.63, 3.8) is 0 Å².